The van der Waals surface area contributed by atoms with Gasteiger partial charge in [0.25, 0.3) is 10.0 Å². The van der Waals surface area contributed by atoms with Gasteiger partial charge in [0, 0.05) is 37.6 Å². The molecule has 1 aliphatic rings. The SMILES string of the molecule is CS(=O)(=O)N1CCCN(S(=O)(=O)c2ccc(CN)s2)CC1. The lowest BCUT2D eigenvalue weighted by molar-refractivity contribution is 0.407. The first-order valence-corrected chi connectivity index (χ1v) is 10.6. The van der Waals surface area contributed by atoms with E-state index in [1.807, 2.05) is 0 Å². The van der Waals surface area contributed by atoms with E-state index in [0.29, 0.717) is 26.1 Å². The summed E-state index contributed by atoms with van der Waals surface area (Å²) >= 11 is 1.16. The molecular weight excluding hydrogens is 334 g/mol. The fourth-order valence-electron chi connectivity index (χ4n) is 2.18. The number of thiophene rings is 1. The summed E-state index contributed by atoms with van der Waals surface area (Å²) in [7, 11) is -6.85. The lowest BCUT2D eigenvalue weighted by atomic mass is 10.4. The van der Waals surface area contributed by atoms with Crippen LogP contribution in [0.1, 0.15) is 11.3 Å². The Hall–Kier alpha value is -0.520. The van der Waals surface area contributed by atoms with Crippen LogP contribution < -0.4 is 5.73 Å². The summed E-state index contributed by atoms with van der Waals surface area (Å²) in [6.45, 7) is 1.34. The molecule has 0 aromatic carbocycles. The molecule has 2 rings (SSSR count). The van der Waals surface area contributed by atoms with E-state index in [-0.39, 0.29) is 17.3 Å². The Kier molecular flexibility index (Phi) is 5.06. The van der Waals surface area contributed by atoms with Crippen LogP contribution in [-0.4, -0.2) is 57.9 Å². The maximum atomic E-state index is 12.6. The predicted molar refractivity (Wildman–Crippen MR) is 82.0 cm³/mol. The highest BCUT2D eigenvalue weighted by atomic mass is 32.2. The largest absolute Gasteiger partial charge is 0.326 e. The van der Waals surface area contributed by atoms with E-state index in [2.05, 4.69) is 0 Å². The fourth-order valence-corrected chi connectivity index (χ4v) is 5.91. The average molecular weight is 353 g/mol. The average Bonchev–Trinajstić information content (AvgIpc) is 2.73. The molecule has 1 aromatic rings. The van der Waals surface area contributed by atoms with Crippen LogP contribution in [0.15, 0.2) is 16.3 Å². The Labute approximate surface area is 129 Å². The van der Waals surface area contributed by atoms with Gasteiger partial charge >= 0.3 is 0 Å². The van der Waals surface area contributed by atoms with Gasteiger partial charge in [-0.2, -0.15) is 4.31 Å². The van der Waals surface area contributed by atoms with Gasteiger partial charge in [-0.15, -0.1) is 11.3 Å². The summed E-state index contributed by atoms with van der Waals surface area (Å²) in [5.74, 6) is 0. The zero-order valence-corrected chi connectivity index (χ0v) is 14.2. The molecule has 0 aliphatic carbocycles. The number of hydrogen-bond acceptors (Lipinski definition) is 6. The van der Waals surface area contributed by atoms with Crippen LogP contribution in [0.3, 0.4) is 0 Å². The standard InChI is InChI=1S/C11H19N3O4S3/c1-20(15,16)13-5-2-6-14(8-7-13)21(17,18)11-4-3-10(9-12)19-11/h3-4H,2,5-9,12H2,1H3. The lowest BCUT2D eigenvalue weighted by Crippen LogP contribution is -2.36. The van der Waals surface area contributed by atoms with Crippen LogP contribution in [0, 0.1) is 0 Å². The third kappa shape index (κ3) is 3.82. The molecule has 2 heterocycles. The second-order valence-corrected chi connectivity index (χ2v) is 10.2. The molecule has 0 bridgehead atoms. The smallest absolute Gasteiger partial charge is 0.252 e. The van der Waals surface area contributed by atoms with Crippen LogP contribution >= 0.6 is 11.3 Å². The molecule has 1 aromatic heterocycles. The van der Waals surface area contributed by atoms with Gasteiger partial charge in [0.15, 0.2) is 0 Å². The quantitative estimate of drug-likeness (QED) is 0.812. The summed E-state index contributed by atoms with van der Waals surface area (Å²) in [4.78, 5) is 0.807. The van der Waals surface area contributed by atoms with E-state index in [9.17, 15) is 16.8 Å². The first kappa shape index (κ1) is 16.8. The highest BCUT2D eigenvalue weighted by Crippen LogP contribution is 2.25. The van der Waals surface area contributed by atoms with Gasteiger partial charge < -0.3 is 5.73 Å². The Balaban J connectivity index is 2.18. The van der Waals surface area contributed by atoms with Crippen molar-refractivity contribution in [3.05, 3.63) is 17.0 Å². The van der Waals surface area contributed by atoms with Crippen LogP contribution in [0.4, 0.5) is 0 Å². The summed E-state index contributed by atoms with van der Waals surface area (Å²) < 4.78 is 51.1. The molecule has 0 spiro atoms. The monoisotopic (exact) mass is 353 g/mol. The van der Waals surface area contributed by atoms with Crippen LogP contribution in [0.2, 0.25) is 0 Å². The third-order valence-electron chi connectivity index (χ3n) is 3.32. The van der Waals surface area contributed by atoms with Crippen LogP contribution in [0.5, 0.6) is 0 Å². The van der Waals surface area contributed by atoms with Crippen molar-refractivity contribution in [2.75, 3.05) is 32.4 Å². The molecule has 1 aliphatic heterocycles. The molecule has 0 saturated carbocycles. The number of hydrogen-bond donors (Lipinski definition) is 1. The van der Waals surface area contributed by atoms with E-state index in [0.717, 1.165) is 22.5 Å². The van der Waals surface area contributed by atoms with Crippen molar-refractivity contribution in [2.45, 2.75) is 17.2 Å². The van der Waals surface area contributed by atoms with Crippen LogP contribution in [-0.2, 0) is 26.6 Å². The number of nitrogens with two attached hydrogens (primary N) is 1. The van der Waals surface area contributed by atoms with Crippen molar-refractivity contribution < 1.29 is 16.8 Å². The van der Waals surface area contributed by atoms with E-state index in [4.69, 9.17) is 5.73 Å². The van der Waals surface area contributed by atoms with Gasteiger partial charge in [-0.1, -0.05) is 0 Å². The molecule has 10 heteroatoms. The molecule has 1 saturated heterocycles. The fraction of sp³-hybridized carbons (Fsp3) is 0.636. The molecule has 1 fully saturated rings. The summed E-state index contributed by atoms with van der Waals surface area (Å²) in [5.41, 5.74) is 5.50. The second-order valence-electron chi connectivity index (χ2n) is 4.84. The molecule has 0 amide bonds. The normalized spacial score (nSPS) is 19.5. The van der Waals surface area contributed by atoms with Gasteiger partial charge in [0.2, 0.25) is 10.0 Å². The molecule has 7 nitrogen and oxygen atoms in total. The first-order chi connectivity index (χ1) is 9.75. The minimum atomic E-state index is -3.57. The van der Waals surface area contributed by atoms with E-state index in [1.165, 1.54) is 8.61 Å². The molecule has 0 unspecified atom stereocenters. The number of sulfonamides is 2. The summed E-state index contributed by atoms with van der Waals surface area (Å²) in [5, 5.41) is 0. The van der Waals surface area contributed by atoms with Crippen molar-refractivity contribution in [1.29, 1.82) is 0 Å². The zero-order chi connectivity index (χ0) is 15.7. The van der Waals surface area contributed by atoms with Gasteiger partial charge in [0.05, 0.1) is 6.26 Å². The Morgan fingerprint density at radius 1 is 1.10 bits per heavy atom. The molecule has 0 radical (unpaired) electrons. The lowest BCUT2D eigenvalue weighted by Gasteiger charge is -2.19. The van der Waals surface area contributed by atoms with Gasteiger partial charge in [-0.25, -0.2) is 21.1 Å². The second kappa shape index (κ2) is 6.31. The maximum Gasteiger partial charge on any atom is 0.252 e. The highest BCUT2D eigenvalue weighted by molar-refractivity contribution is 7.91. The number of rotatable bonds is 4. The van der Waals surface area contributed by atoms with Crippen LogP contribution in [0.25, 0.3) is 0 Å². The topological polar surface area (TPSA) is 101 Å². The maximum absolute atomic E-state index is 12.6. The first-order valence-electron chi connectivity index (χ1n) is 6.49. The van der Waals surface area contributed by atoms with Crippen molar-refractivity contribution in [1.82, 2.24) is 8.61 Å². The van der Waals surface area contributed by atoms with Crippen molar-refractivity contribution in [3.63, 3.8) is 0 Å². The summed E-state index contributed by atoms with van der Waals surface area (Å²) in [6.07, 6.45) is 1.63. The van der Waals surface area contributed by atoms with Crippen molar-refractivity contribution >= 4 is 31.4 Å². The molecular formula is C11H19N3O4S3. The molecule has 2 N–H and O–H groups in total. The Morgan fingerprint density at radius 2 is 1.71 bits per heavy atom. The third-order valence-corrected chi connectivity index (χ3v) is 8.09. The van der Waals surface area contributed by atoms with Gasteiger partial charge in [-0.05, 0) is 18.6 Å². The minimum absolute atomic E-state index is 0.172. The molecule has 21 heavy (non-hydrogen) atoms. The highest BCUT2D eigenvalue weighted by Gasteiger charge is 2.30. The van der Waals surface area contributed by atoms with E-state index < -0.39 is 20.0 Å². The Morgan fingerprint density at radius 3 is 2.29 bits per heavy atom. The predicted octanol–water partition coefficient (Wildman–Crippen LogP) is -0.137. The van der Waals surface area contributed by atoms with Gasteiger partial charge in [-0.3, -0.25) is 0 Å². The Bertz CT molecular complexity index is 696. The molecule has 120 valence electrons. The van der Waals surface area contributed by atoms with E-state index in [1.54, 1.807) is 12.1 Å². The minimum Gasteiger partial charge on any atom is -0.326 e. The van der Waals surface area contributed by atoms with Crippen molar-refractivity contribution in [3.8, 4) is 0 Å². The van der Waals surface area contributed by atoms with Gasteiger partial charge in [0.1, 0.15) is 4.21 Å². The van der Waals surface area contributed by atoms with Crippen molar-refractivity contribution in [2.24, 2.45) is 5.73 Å². The molecule has 0 atom stereocenters. The summed E-state index contributed by atoms with van der Waals surface area (Å²) in [6, 6.07) is 3.26. The van der Waals surface area contributed by atoms with E-state index >= 15 is 0 Å². The zero-order valence-electron chi connectivity index (χ0n) is 11.7. The number of nitrogens with zero attached hydrogens (tertiary/aromatic N) is 2.